The topological polar surface area (TPSA) is 41.1 Å². The number of halogens is 1. The molecule has 0 aliphatic carbocycles. The second kappa shape index (κ2) is 3.61. The Bertz CT molecular complexity index is 378. The van der Waals surface area contributed by atoms with Gasteiger partial charge in [-0.25, -0.2) is 4.79 Å². The van der Waals surface area contributed by atoms with Crippen molar-refractivity contribution in [2.24, 2.45) is 0 Å². The lowest BCUT2D eigenvalue weighted by Gasteiger charge is -2.11. The van der Waals surface area contributed by atoms with Gasteiger partial charge >= 0.3 is 6.03 Å². The van der Waals surface area contributed by atoms with Gasteiger partial charge in [-0.2, -0.15) is 0 Å². The molecule has 0 unspecified atom stereocenters. The van der Waals surface area contributed by atoms with Crippen LogP contribution in [0.5, 0.6) is 0 Å². The predicted octanol–water partition coefficient (Wildman–Crippen LogP) is 2.11. The molecule has 0 saturated carbocycles. The van der Waals surface area contributed by atoms with Gasteiger partial charge in [0.1, 0.15) is 0 Å². The van der Waals surface area contributed by atoms with E-state index < -0.39 is 0 Å². The maximum Gasteiger partial charge on any atom is 0.315 e. The first kappa shape index (κ1) is 9.52. The van der Waals surface area contributed by atoms with Gasteiger partial charge in [0, 0.05) is 11.0 Å². The highest BCUT2D eigenvalue weighted by Crippen LogP contribution is 2.25. The maximum atomic E-state index is 11.0. The number of carbonyl (C=O) groups is 1. The van der Waals surface area contributed by atoms with Gasteiger partial charge in [-0.3, -0.25) is 0 Å². The molecule has 2 amide bonds. The SMILES string of the molecule is Cc1ccc([C@H]2CNC(=O)N2)c(Br)c1. The van der Waals surface area contributed by atoms with Crippen LogP contribution in [0.15, 0.2) is 22.7 Å². The zero-order valence-corrected chi connectivity index (χ0v) is 9.39. The van der Waals surface area contributed by atoms with E-state index >= 15 is 0 Å². The van der Waals surface area contributed by atoms with Gasteiger partial charge < -0.3 is 10.6 Å². The molecule has 0 aromatic heterocycles. The van der Waals surface area contributed by atoms with Crippen LogP contribution in [0.4, 0.5) is 4.79 Å². The minimum Gasteiger partial charge on any atom is -0.336 e. The first-order valence-corrected chi connectivity index (χ1v) is 5.26. The van der Waals surface area contributed by atoms with E-state index in [0.29, 0.717) is 6.54 Å². The Morgan fingerprint density at radius 1 is 1.50 bits per heavy atom. The first-order valence-electron chi connectivity index (χ1n) is 4.47. The van der Waals surface area contributed by atoms with E-state index in [1.807, 2.05) is 19.1 Å². The number of benzene rings is 1. The average Bonchev–Trinajstić information content (AvgIpc) is 2.51. The molecule has 1 heterocycles. The summed E-state index contributed by atoms with van der Waals surface area (Å²) in [6.07, 6.45) is 0. The van der Waals surface area contributed by atoms with Crippen LogP contribution in [0.25, 0.3) is 0 Å². The van der Waals surface area contributed by atoms with Gasteiger partial charge in [0.15, 0.2) is 0 Å². The van der Waals surface area contributed by atoms with Crippen LogP contribution in [-0.2, 0) is 0 Å². The third-order valence-electron chi connectivity index (χ3n) is 2.30. The van der Waals surface area contributed by atoms with Gasteiger partial charge in [0.25, 0.3) is 0 Å². The Kier molecular flexibility index (Phi) is 2.46. The molecule has 3 nitrogen and oxygen atoms in total. The normalized spacial score (nSPS) is 20.4. The highest BCUT2D eigenvalue weighted by molar-refractivity contribution is 9.10. The number of hydrogen-bond acceptors (Lipinski definition) is 1. The van der Waals surface area contributed by atoms with Gasteiger partial charge in [-0.15, -0.1) is 0 Å². The molecule has 0 bridgehead atoms. The number of aryl methyl sites for hydroxylation is 1. The third kappa shape index (κ3) is 1.75. The molecule has 14 heavy (non-hydrogen) atoms. The monoisotopic (exact) mass is 254 g/mol. The molecule has 2 rings (SSSR count). The van der Waals surface area contributed by atoms with Crippen LogP contribution in [0.3, 0.4) is 0 Å². The fourth-order valence-electron chi connectivity index (χ4n) is 1.56. The average molecular weight is 255 g/mol. The summed E-state index contributed by atoms with van der Waals surface area (Å²) in [6.45, 7) is 2.69. The summed E-state index contributed by atoms with van der Waals surface area (Å²) in [7, 11) is 0. The van der Waals surface area contributed by atoms with E-state index in [4.69, 9.17) is 0 Å². The maximum absolute atomic E-state index is 11.0. The molecule has 0 spiro atoms. The second-order valence-corrected chi connectivity index (χ2v) is 4.29. The summed E-state index contributed by atoms with van der Waals surface area (Å²) in [5, 5.41) is 5.59. The van der Waals surface area contributed by atoms with Gasteiger partial charge in [-0.05, 0) is 24.1 Å². The van der Waals surface area contributed by atoms with Crippen molar-refractivity contribution in [3.63, 3.8) is 0 Å². The highest BCUT2D eigenvalue weighted by Gasteiger charge is 2.22. The molecule has 1 aliphatic rings. The molecule has 1 fully saturated rings. The number of hydrogen-bond donors (Lipinski definition) is 2. The molecule has 0 radical (unpaired) electrons. The van der Waals surface area contributed by atoms with Crippen molar-refractivity contribution in [3.05, 3.63) is 33.8 Å². The van der Waals surface area contributed by atoms with E-state index in [9.17, 15) is 4.79 Å². The molecule has 2 N–H and O–H groups in total. The Morgan fingerprint density at radius 3 is 2.86 bits per heavy atom. The van der Waals surface area contributed by atoms with Crippen molar-refractivity contribution in [2.45, 2.75) is 13.0 Å². The Labute approximate surface area is 91.0 Å². The Balaban J connectivity index is 2.28. The van der Waals surface area contributed by atoms with E-state index in [1.165, 1.54) is 5.56 Å². The van der Waals surface area contributed by atoms with Gasteiger partial charge in [-0.1, -0.05) is 28.1 Å². The fraction of sp³-hybridized carbons (Fsp3) is 0.300. The predicted molar refractivity (Wildman–Crippen MR) is 58.2 cm³/mol. The minimum absolute atomic E-state index is 0.0810. The van der Waals surface area contributed by atoms with E-state index in [2.05, 4.69) is 32.6 Å². The zero-order valence-electron chi connectivity index (χ0n) is 7.80. The van der Waals surface area contributed by atoms with Crippen LogP contribution in [0, 0.1) is 6.92 Å². The summed E-state index contributed by atoms with van der Waals surface area (Å²) in [5.74, 6) is 0. The van der Waals surface area contributed by atoms with Crippen LogP contribution < -0.4 is 10.6 Å². The second-order valence-electron chi connectivity index (χ2n) is 3.43. The van der Waals surface area contributed by atoms with Crippen molar-refractivity contribution in [1.29, 1.82) is 0 Å². The number of amides is 2. The van der Waals surface area contributed by atoms with Crippen molar-refractivity contribution in [1.82, 2.24) is 10.6 Å². The molecule has 4 heteroatoms. The van der Waals surface area contributed by atoms with Gasteiger partial charge in [0.05, 0.1) is 6.04 Å². The number of nitrogens with one attached hydrogen (secondary N) is 2. The highest BCUT2D eigenvalue weighted by atomic mass is 79.9. The van der Waals surface area contributed by atoms with Crippen molar-refractivity contribution in [3.8, 4) is 0 Å². The van der Waals surface area contributed by atoms with Crippen LogP contribution >= 0.6 is 15.9 Å². The third-order valence-corrected chi connectivity index (χ3v) is 2.99. The lowest BCUT2D eigenvalue weighted by atomic mass is 10.1. The Morgan fingerprint density at radius 2 is 2.29 bits per heavy atom. The summed E-state index contributed by atoms with van der Waals surface area (Å²) < 4.78 is 1.05. The molecular formula is C10H11BrN2O. The lowest BCUT2D eigenvalue weighted by molar-refractivity contribution is 0.247. The van der Waals surface area contributed by atoms with Crippen molar-refractivity contribution in [2.75, 3.05) is 6.54 Å². The molecule has 1 aromatic carbocycles. The molecule has 1 atom stereocenters. The molecule has 1 aromatic rings. The number of rotatable bonds is 1. The fourth-order valence-corrected chi connectivity index (χ4v) is 2.33. The standard InChI is InChI=1S/C10H11BrN2O/c1-6-2-3-7(8(11)4-6)9-5-12-10(14)13-9/h2-4,9H,5H2,1H3,(H2,12,13,14)/t9-/m1/s1. The Hall–Kier alpha value is -1.03. The smallest absolute Gasteiger partial charge is 0.315 e. The van der Waals surface area contributed by atoms with E-state index in [0.717, 1.165) is 10.0 Å². The zero-order chi connectivity index (χ0) is 10.1. The summed E-state index contributed by atoms with van der Waals surface area (Å²) in [4.78, 5) is 11.0. The molecule has 1 aliphatic heterocycles. The summed E-state index contributed by atoms with van der Waals surface area (Å²) in [5.41, 5.74) is 2.33. The van der Waals surface area contributed by atoms with Crippen molar-refractivity contribution >= 4 is 22.0 Å². The van der Waals surface area contributed by atoms with Gasteiger partial charge in [0.2, 0.25) is 0 Å². The molecular weight excluding hydrogens is 244 g/mol. The van der Waals surface area contributed by atoms with Crippen molar-refractivity contribution < 1.29 is 4.79 Å². The van der Waals surface area contributed by atoms with E-state index in [1.54, 1.807) is 0 Å². The largest absolute Gasteiger partial charge is 0.336 e. The molecule has 1 saturated heterocycles. The van der Waals surface area contributed by atoms with Crippen LogP contribution in [0.1, 0.15) is 17.2 Å². The van der Waals surface area contributed by atoms with Crippen LogP contribution in [-0.4, -0.2) is 12.6 Å². The number of urea groups is 1. The minimum atomic E-state index is -0.0949. The van der Waals surface area contributed by atoms with E-state index in [-0.39, 0.29) is 12.1 Å². The summed E-state index contributed by atoms with van der Waals surface area (Å²) in [6, 6.07) is 6.13. The summed E-state index contributed by atoms with van der Waals surface area (Å²) >= 11 is 3.50. The number of carbonyl (C=O) groups excluding carboxylic acids is 1. The molecule has 74 valence electrons. The van der Waals surface area contributed by atoms with Crippen LogP contribution in [0.2, 0.25) is 0 Å². The quantitative estimate of drug-likeness (QED) is 0.792. The lowest BCUT2D eigenvalue weighted by Crippen LogP contribution is -2.21. The first-order chi connectivity index (χ1) is 6.66.